The standard InChI is InChI=1S/C29H32ClN5O5/c1-29(2,3)40-28(37)33-19-9-7-17(8-10-19)11-12-35-25-18(16-32-27(31-4)34-25)13-22(26(35)36)21-14-20(38-5)15-23(39-6)24(21)30/h7-10,13-16H,11-12H2,1-6H3,(H,33,37)(H,31,32,34). The smallest absolute Gasteiger partial charge is 0.412 e. The summed E-state index contributed by atoms with van der Waals surface area (Å²) in [7, 11) is 4.75. The Morgan fingerprint density at radius 1 is 1.05 bits per heavy atom. The maximum atomic E-state index is 13.9. The Morgan fingerprint density at radius 3 is 2.40 bits per heavy atom. The first kappa shape index (κ1) is 28.7. The second kappa shape index (κ2) is 11.8. The zero-order chi connectivity index (χ0) is 29.0. The van der Waals surface area contributed by atoms with Crippen molar-refractivity contribution in [2.45, 2.75) is 39.3 Å². The van der Waals surface area contributed by atoms with Crippen molar-refractivity contribution in [2.24, 2.45) is 0 Å². The highest BCUT2D eigenvalue weighted by Crippen LogP contribution is 2.38. The number of rotatable bonds is 8. The van der Waals surface area contributed by atoms with Crippen LogP contribution in [0.1, 0.15) is 26.3 Å². The molecule has 40 heavy (non-hydrogen) atoms. The molecule has 2 heterocycles. The Labute approximate surface area is 237 Å². The highest BCUT2D eigenvalue weighted by molar-refractivity contribution is 6.35. The summed E-state index contributed by atoms with van der Waals surface area (Å²) in [6.07, 6.45) is 1.66. The Bertz CT molecular complexity index is 1600. The van der Waals surface area contributed by atoms with Gasteiger partial charge in [0.25, 0.3) is 5.56 Å². The summed E-state index contributed by atoms with van der Waals surface area (Å²) in [6.45, 7) is 5.75. The van der Waals surface area contributed by atoms with E-state index in [1.807, 2.05) is 12.1 Å². The number of nitrogens with one attached hydrogen (secondary N) is 2. The average molecular weight is 566 g/mol. The average Bonchev–Trinajstić information content (AvgIpc) is 2.92. The molecule has 0 radical (unpaired) electrons. The van der Waals surface area contributed by atoms with Crippen molar-refractivity contribution in [3.63, 3.8) is 0 Å². The van der Waals surface area contributed by atoms with Crippen LogP contribution >= 0.6 is 11.6 Å². The van der Waals surface area contributed by atoms with Crippen LogP contribution in [0, 0.1) is 0 Å². The molecule has 0 unspecified atom stereocenters. The van der Waals surface area contributed by atoms with Crippen LogP contribution in [0.3, 0.4) is 0 Å². The molecule has 0 saturated heterocycles. The molecule has 4 aromatic rings. The van der Waals surface area contributed by atoms with E-state index in [0.29, 0.717) is 63.3 Å². The lowest BCUT2D eigenvalue weighted by Crippen LogP contribution is -2.27. The monoisotopic (exact) mass is 565 g/mol. The molecule has 0 aliphatic rings. The van der Waals surface area contributed by atoms with E-state index in [-0.39, 0.29) is 5.56 Å². The molecule has 0 fully saturated rings. The molecule has 0 bridgehead atoms. The summed E-state index contributed by atoms with van der Waals surface area (Å²) in [5.41, 5.74) is 2.04. The number of carbonyl (C=O) groups is 1. The van der Waals surface area contributed by atoms with Crippen molar-refractivity contribution in [1.29, 1.82) is 0 Å². The SMILES string of the molecule is CNc1ncc2cc(-c3cc(OC)cc(OC)c3Cl)c(=O)n(CCc3ccc(NC(=O)OC(C)(C)C)cc3)c2n1. The first-order valence-electron chi connectivity index (χ1n) is 12.6. The number of hydrogen-bond acceptors (Lipinski definition) is 8. The number of ether oxygens (including phenoxy) is 3. The fourth-order valence-corrected chi connectivity index (χ4v) is 4.42. The van der Waals surface area contributed by atoms with E-state index >= 15 is 0 Å². The van der Waals surface area contributed by atoms with Gasteiger partial charge in [0.05, 0.1) is 19.2 Å². The second-order valence-corrected chi connectivity index (χ2v) is 10.4. The summed E-state index contributed by atoms with van der Waals surface area (Å²) in [5.74, 6) is 1.29. The van der Waals surface area contributed by atoms with Crippen molar-refractivity contribution in [1.82, 2.24) is 14.5 Å². The molecule has 0 saturated carbocycles. The van der Waals surface area contributed by atoms with E-state index in [1.54, 1.807) is 68.9 Å². The third-order valence-electron chi connectivity index (χ3n) is 6.03. The Hall–Kier alpha value is -4.31. The minimum Gasteiger partial charge on any atom is -0.497 e. The predicted octanol–water partition coefficient (Wildman–Crippen LogP) is 5.76. The fraction of sp³-hybridized carbons (Fsp3) is 0.310. The number of aryl methyl sites for hydroxylation is 2. The van der Waals surface area contributed by atoms with E-state index < -0.39 is 11.7 Å². The number of pyridine rings is 1. The molecule has 2 N–H and O–H groups in total. The highest BCUT2D eigenvalue weighted by Gasteiger charge is 2.19. The summed E-state index contributed by atoms with van der Waals surface area (Å²) >= 11 is 6.65. The summed E-state index contributed by atoms with van der Waals surface area (Å²) in [5, 5.41) is 6.61. The number of methoxy groups -OCH3 is 2. The van der Waals surface area contributed by atoms with Gasteiger partial charge in [-0.2, -0.15) is 4.98 Å². The first-order chi connectivity index (χ1) is 19.0. The molecule has 4 rings (SSSR count). The van der Waals surface area contributed by atoms with Gasteiger partial charge in [-0.05, 0) is 57.0 Å². The highest BCUT2D eigenvalue weighted by atomic mass is 35.5. The number of benzene rings is 2. The lowest BCUT2D eigenvalue weighted by molar-refractivity contribution is 0.0636. The van der Waals surface area contributed by atoms with Gasteiger partial charge in [0.1, 0.15) is 22.7 Å². The van der Waals surface area contributed by atoms with Gasteiger partial charge in [0.15, 0.2) is 0 Å². The third-order valence-corrected chi connectivity index (χ3v) is 6.42. The van der Waals surface area contributed by atoms with Gasteiger partial charge in [-0.15, -0.1) is 0 Å². The van der Waals surface area contributed by atoms with Gasteiger partial charge in [0, 0.05) is 48.1 Å². The minimum absolute atomic E-state index is 0.270. The van der Waals surface area contributed by atoms with E-state index in [1.165, 1.54) is 14.2 Å². The summed E-state index contributed by atoms with van der Waals surface area (Å²) < 4.78 is 17.7. The molecular formula is C29H32ClN5O5. The number of amides is 1. The number of halogens is 1. The number of carbonyl (C=O) groups excluding carboxylic acids is 1. The Balaban J connectivity index is 1.70. The van der Waals surface area contributed by atoms with Crippen LogP contribution in [0.5, 0.6) is 11.5 Å². The second-order valence-electron chi connectivity index (χ2n) is 10.0. The molecule has 0 spiro atoms. The van der Waals surface area contributed by atoms with E-state index in [0.717, 1.165) is 5.56 Å². The van der Waals surface area contributed by atoms with Crippen LogP contribution in [-0.4, -0.2) is 47.5 Å². The molecule has 0 aliphatic heterocycles. The van der Waals surface area contributed by atoms with Gasteiger partial charge in [0.2, 0.25) is 5.95 Å². The molecule has 10 nitrogen and oxygen atoms in total. The van der Waals surface area contributed by atoms with Crippen molar-refractivity contribution in [3.05, 3.63) is 69.6 Å². The quantitative estimate of drug-likeness (QED) is 0.277. The van der Waals surface area contributed by atoms with Gasteiger partial charge in [-0.1, -0.05) is 23.7 Å². The van der Waals surface area contributed by atoms with Gasteiger partial charge in [-0.3, -0.25) is 14.7 Å². The normalized spacial score (nSPS) is 11.3. The summed E-state index contributed by atoms with van der Waals surface area (Å²) in [6, 6.07) is 12.5. The van der Waals surface area contributed by atoms with Crippen LogP contribution < -0.4 is 25.7 Å². The molecule has 2 aromatic carbocycles. The largest absolute Gasteiger partial charge is 0.497 e. The minimum atomic E-state index is -0.592. The third kappa shape index (κ3) is 6.45. The van der Waals surface area contributed by atoms with E-state index in [4.69, 9.17) is 25.8 Å². The van der Waals surface area contributed by atoms with Crippen LogP contribution in [0.2, 0.25) is 5.02 Å². The number of hydrogen-bond donors (Lipinski definition) is 2. The van der Waals surface area contributed by atoms with E-state index in [2.05, 4.69) is 20.6 Å². The van der Waals surface area contributed by atoms with Crippen LogP contribution in [0.4, 0.5) is 16.4 Å². The number of aromatic nitrogens is 3. The lowest BCUT2D eigenvalue weighted by Gasteiger charge is -2.19. The Kier molecular flexibility index (Phi) is 8.49. The maximum Gasteiger partial charge on any atom is 0.412 e. The van der Waals surface area contributed by atoms with Crippen molar-refractivity contribution < 1.29 is 19.0 Å². The molecule has 1 amide bonds. The molecule has 0 atom stereocenters. The lowest BCUT2D eigenvalue weighted by atomic mass is 10.0. The van der Waals surface area contributed by atoms with E-state index in [9.17, 15) is 9.59 Å². The number of anilines is 2. The first-order valence-corrected chi connectivity index (χ1v) is 13.0. The molecule has 210 valence electrons. The Morgan fingerprint density at radius 2 is 1.77 bits per heavy atom. The van der Waals surface area contributed by atoms with Crippen LogP contribution in [0.25, 0.3) is 22.2 Å². The van der Waals surface area contributed by atoms with Crippen molar-refractivity contribution in [3.8, 4) is 22.6 Å². The zero-order valence-corrected chi connectivity index (χ0v) is 24.0. The van der Waals surface area contributed by atoms with Crippen LogP contribution in [0.15, 0.2) is 53.5 Å². The number of fused-ring (bicyclic) bond motifs is 1. The topological polar surface area (TPSA) is 117 Å². The zero-order valence-electron chi connectivity index (χ0n) is 23.3. The van der Waals surface area contributed by atoms with Crippen LogP contribution in [-0.2, 0) is 17.7 Å². The van der Waals surface area contributed by atoms with Crippen molar-refractivity contribution >= 4 is 40.4 Å². The molecular weight excluding hydrogens is 534 g/mol. The predicted molar refractivity (Wildman–Crippen MR) is 157 cm³/mol. The van der Waals surface area contributed by atoms with Crippen molar-refractivity contribution in [2.75, 3.05) is 31.9 Å². The molecule has 11 heteroatoms. The molecule has 2 aromatic heterocycles. The van der Waals surface area contributed by atoms with Gasteiger partial charge < -0.3 is 19.5 Å². The fourth-order valence-electron chi connectivity index (χ4n) is 4.13. The maximum absolute atomic E-state index is 13.9. The summed E-state index contributed by atoms with van der Waals surface area (Å²) in [4.78, 5) is 34.9. The number of nitrogens with zero attached hydrogens (tertiary/aromatic N) is 3. The van der Waals surface area contributed by atoms with Gasteiger partial charge in [-0.25, -0.2) is 9.78 Å². The van der Waals surface area contributed by atoms with Gasteiger partial charge >= 0.3 is 6.09 Å². The molecule has 0 aliphatic carbocycles.